The van der Waals surface area contributed by atoms with Crippen LogP contribution in [0.3, 0.4) is 0 Å². The van der Waals surface area contributed by atoms with Gasteiger partial charge in [0, 0.05) is 26.4 Å². The van der Waals surface area contributed by atoms with E-state index in [9.17, 15) is 4.79 Å². The van der Waals surface area contributed by atoms with Crippen LogP contribution in [0.25, 0.3) is 0 Å². The zero-order valence-electron chi connectivity index (χ0n) is 15.4. The average molecular weight is 387 g/mol. The molecule has 7 heteroatoms. The fraction of sp³-hybridized carbons (Fsp3) is 0.632. The van der Waals surface area contributed by atoms with E-state index in [4.69, 9.17) is 19.9 Å². The molecule has 1 amide bonds. The number of nitrogens with two attached hydrogens (primary N) is 1. The first-order chi connectivity index (χ1) is 12.2. The molecule has 0 radical (unpaired) electrons. The summed E-state index contributed by atoms with van der Waals surface area (Å²) in [5.74, 6) is 0.115. The standard InChI is InChI=1S/C19H30N2O4.ClH/c1-2-23-10-11-25-14-16-5-3-4-15(12-16)13-21-19(22)18(20)17-6-8-24-9-7-17;/h3-5,12,17-18H,2,6-11,13-14,20H2,1H3,(H,21,22);1H. The van der Waals surface area contributed by atoms with Crippen LogP contribution in [0, 0.1) is 5.92 Å². The summed E-state index contributed by atoms with van der Waals surface area (Å²) in [5.41, 5.74) is 8.21. The summed E-state index contributed by atoms with van der Waals surface area (Å²) < 4.78 is 16.1. The molecule has 0 aromatic heterocycles. The lowest BCUT2D eigenvalue weighted by Gasteiger charge is -2.26. The van der Waals surface area contributed by atoms with Gasteiger partial charge in [0.1, 0.15) is 0 Å². The van der Waals surface area contributed by atoms with E-state index in [-0.39, 0.29) is 24.2 Å². The van der Waals surface area contributed by atoms with Crippen LogP contribution in [-0.4, -0.2) is 45.0 Å². The van der Waals surface area contributed by atoms with Crippen LogP contribution in [0.2, 0.25) is 0 Å². The Balaban J connectivity index is 0.00000338. The van der Waals surface area contributed by atoms with Crippen LogP contribution in [0.5, 0.6) is 0 Å². The number of carbonyl (C=O) groups excluding carboxylic acids is 1. The van der Waals surface area contributed by atoms with Gasteiger partial charge >= 0.3 is 0 Å². The van der Waals surface area contributed by atoms with Gasteiger partial charge in [-0.1, -0.05) is 24.3 Å². The molecule has 0 bridgehead atoms. The predicted molar refractivity (Wildman–Crippen MR) is 103 cm³/mol. The molecule has 1 aromatic carbocycles. The number of amides is 1. The van der Waals surface area contributed by atoms with Crippen LogP contribution < -0.4 is 11.1 Å². The molecule has 3 N–H and O–H groups in total. The molecule has 1 unspecified atom stereocenters. The molecule has 1 saturated heterocycles. The van der Waals surface area contributed by atoms with Crippen LogP contribution >= 0.6 is 12.4 Å². The molecule has 0 saturated carbocycles. The summed E-state index contributed by atoms with van der Waals surface area (Å²) in [4.78, 5) is 12.3. The van der Waals surface area contributed by atoms with E-state index < -0.39 is 6.04 Å². The van der Waals surface area contributed by atoms with Crippen molar-refractivity contribution in [2.45, 2.75) is 39.0 Å². The van der Waals surface area contributed by atoms with Crippen LogP contribution in [-0.2, 0) is 32.2 Å². The lowest BCUT2D eigenvalue weighted by molar-refractivity contribution is -0.124. The Kier molecular flexibility index (Phi) is 11.5. The quantitative estimate of drug-likeness (QED) is 0.601. The Morgan fingerprint density at radius 1 is 1.27 bits per heavy atom. The molecule has 1 atom stereocenters. The van der Waals surface area contributed by atoms with Gasteiger partial charge in [-0.15, -0.1) is 12.4 Å². The SMILES string of the molecule is CCOCCOCc1cccc(CNC(=O)C(N)C2CCOCC2)c1.Cl. The molecule has 1 aromatic rings. The van der Waals surface area contributed by atoms with Gasteiger partial charge in [0.05, 0.1) is 25.9 Å². The smallest absolute Gasteiger partial charge is 0.237 e. The van der Waals surface area contributed by atoms with E-state index in [1.807, 2.05) is 31.2 Å². The second-order valence-electron chi connectivity index (χ2n) is 6.26. The first-order valence-corrected chi connectivity index (χ1v) is 9.05. The van der Waals surface area contributed by atoms with Gasteiger partial charge in [-0.2, -0.15) is 0 Å². The molecule has 0 aliphatic carbocycles. The minimum Gasteiger partial charge on any atom is -0.381 e. The summed E-state index contributed by atoms with van der Waals surface area (Å²) in [6.07, 6.45) is 1.70. The lowest BCUT2D eigenvalue weighted by Crippen LogP contribution is -2.46. The summed E-state index contributed by atoms with van der Waals surface area (Å²) in [6.45, 7) is 6.25. The number of hydrogen-bond acceptors (Lipinski definition) is 5. The van der Waals surface area contributed by atoms with E-state index in [0.29, 0.717) is 46.2 Å². The second-order valence-corrected chi connectivity index (χ2v) is 6.26. The maximum atomic E-state index is 12.3. The van der Waals surface area contributed by atoms with Gasteiger partial charge < -0.3 is 25.3 Å². The van der Waals surface area contributed by atoms with Gasteiger partial charge in [-0.3, -0.25) is 4.79 Å². The van der Waals surface area contributed by atoms with Crippen molar-refractivity contribution in [1.82, 2.24) is 5.32 Å². The van der Waals surface area contributed by atoms with E-state index >= 15 is 0 Å². The van der Waals surface area contributed by atoms with Gasteiger partial charge in [-0.05, 0) is 36.8 Å². The monoisotopic (exact) mass is 386 g/mol. The topological polar surface area (TPSA) is 82.8 Å². The molecule has 0 spiro atoms. The normalized spacial score (nSPS) is 15.9. The average Bonchev–Trinajstić information content (AvgIpc) is 2.66. The Hall–Kier alpha value is -1.18. The largest absolute Gasteiger partial charge is 0.381 e. The molecule has 6 nitrogen and oxygen atoms in total. The zero-order chi connectivity index (χ0) is 17.9. The number of rotatable bonds is 10. The van der Waals surface area contributed by atoms with E-state index in [1.54, 1.807) is 0 Å². The first kappa shape index (κ1) is 22.9. The fourth-order valence-electron chi connectivity index (χ4n) is 2.88. The minimum absolute atomic E-state index is 0. The maximum Gasteiger partial charge on any atom is 0.237 e. The Morgan fingerprint density at radius 3 is 2.69 bits per heavy atom. The van der Waals surface area contributed by atoms with Crippen LogP contribution in [0.15, 0.2) is 24.3 Å². The molecule has 26 heavy (non-hydrogen) atoms. The van der Waals surface area contributed by atoms with Crippen molar-refractivity contribution < 1.29 is 19.0 Å². The number of halogens is 1. The van der Waals surface area contributed by atoms with Crippen molar-refractivity contribution in [1.29, 1.82) is 0 Å². The highest BCUT2D eigenvalue weighted by atomic mass is 35.5. The van der Waals surface area contributed by atoms with Gasteiger partial charge in [0.2, 0.25) is 5.91 Å². The second kappa shape index (κ2) is 13.1. The van der Waals surface area contributed by atoms with E-state index in [1.165, 1.54) is 0 Å². The van der Waals surface area contributed by atoms with Crippen molar-refractivity contribution >= 4 is 18.3 Å². The van der Waals surface area contributed by atoms with Crippen molar-refractivity contribution in [3.63, 3.8) is 0 Å². The first-order valence-electron chi connectivity index (χ1n) is 9.05. The lowest BCUT2D eigenvalue weighted by atomic mass is 9.92. The molecule has 1 aliphatic heterocycles. The van der Waals surface area contributed by atoms with Crippen LogP contribution in [0.1, 0.15) is 30.9 Å². The zero-order valence-corrected chi connectivity index (χ0v) is 16.3. The molecule has 1 heterocycles. The number of carbonyl (C=O) groups is 1. The van der Waals surface area contributed by atoms with Crippen LogP contribution in [0.4, 0.5) is 0 Å². The van der Waals surface area contributed by atoms with Crippen molar-refractivity contribution in [3.8, 4) is 0 Å². The summed E-state index contributed by atoms with van der Waals surface area (Å²) in [5, 5.41) is 2.94. The molecule has 2 rings (SSSR count). The highest BCUT2D eigenvalue weighted by Crippen LogP contribution is 2.17. The number of hydrogen-bond donors (Lipinski definition) is 2. The molecule has 148 valence electrons. The fourth-order valence-corrected chi connectivity index (χ4v) is 2.88. The summed E-state index contributed by atoms with van der Waals surface area (Å²) in [6, 6.07) is 7.56. The van der Waals surface area contributed by atoms with Crippen molar-refractivity contribution in [2.24, 2.45) is 11.7 Å². The Labute approximate surface area is 162 Å². The van der Waals surface area contributed by atoms with Crippen molar-refractivity contribution in [2.75, 3.05) is 33.0 Å². The predicted octanol–water partition coefficient (Wildman–Crippen LogP) is 2.03. The Morgan fingerprint density at radius 2 is 1.96 bits per heavy atom. The minimum atomic E-state index is -0.464. The maximum absolute atomic E-state index is 12.3. The summed E-state index contributed by atoms with van der Waals surface area (Å²) in [7, 11) is 0. The molecular formula is C19H31ClN2O4. The number of nitrogens with one attached hydrogen (secondary N) is 1. The third-order valence-electron chi connectivity index (χ3n) is 4.38. The van der Waals surface area contributed by atoms with Crippen molar-refractivity contribution in [3.05, 3.63) is 35.4 Å². The molecule has 1 aliphatic rings. The molecule has 1 fully saturated rings. The van der Waals surface area contributed by atoms with Gasteiger partial charge in [0.25, 0.3) is 0 Å². The summed E-state index contributed by atoms with van der Waals surface area (Å²) >= 11 is 0. The number of ether oxygens (including phenoxy) is 3. The molecular weight excluding hydrogens is 356 g/mol. The van der Waals surface area contributed by atoms with Gasteiger partial charge in [0.15, 0.2) is 0 Å². The number of benzene rings is 1. The third kappa shape index (κ3) is 8.01. The van der Waals surface area contributed by atoms with E-state index in [0.717, 1.165) is 24.0 Å². The highest BCUT2D eigenvalue weighted by molar-refractivity contribution is 5.85. The van der Waals surface area contributed by atoms with E-state index in [2.05, 4.69) is 5.32 Å². The Bertz CT molecular complexity index is 524. The third-order valence-corrected chi connectivity index (χ3v) is 4.38. The van der Waals surface area contributed by atoms with Gasteiger partial charge in [-0.25, -0.2) is 0 Å². The highest BCUT2D eigenvalue weighted by Gasteiger charge is 2.26.